The number of benzene rings is 5. The first-order chi connectivity index (χ1) is 67.5. The zero-order chi connectivity index (χ0) is 100. The van der Waals surface area contributed by atoms with Gasteiger partial charge in [0.2, 0.25) is 0 Å². The Hall–Kier alpha value is -7.95. The van der Waals surface area contributed by atoms with Crippen LogP contribution in [-0.4, -0.2) is 181 Å². The minimum absolute atomic E-state index is 0.355. The molecule has 10 heterocycles. The number of aromatic nitrogens is 20. The van der Waals surface area contributed by atoms with Gasteiger partial charge >= 0.3 is 6.09 Å². The number of alkyl carbamates (subject to hydrolysis) is 1. The zero-order valence-electron chi connectivity index (χ0n) is 77.2. The topological polar surface area (TPSA) is 471 Å². The number of rotatable bonds is 45. The molecule has 0 spiro atoms. The van der Waals surface area contributed by atoms with Gasteiger partial charge in [-0.3, -0.25) is 0 Å². The Kier molecular flexibility index (Phi) is 46.8. The van der Waals surface area contributed by atoms with Crippen molar-refractivity contribution in [3.63, 3.8) is 0 Å². The molecule has 15 rings (SSSR count). The summed E-state index contributed by atoms with van der Waals surface area (Å²) in [5.74, 6) is 1.85. The van der Waals surface area contributed by atoms with Crippen LogP contribution >= 0.6 is 191 Å². The summed E-state index contributed by atoms with van der Waals surface area (Å²) in [6, 6.07) is 27.0. The van der Waals surface area contributed by atoms with Crippen LogP contribution in [0.3, 0.4) is 0 Å². The lowest BCUT2D eigenvalue weighted by Crippen LogP contribution is -2.33. The Morgan fingerprint density at radius 1 is 0.357 bits per heavy atom. The minimum atomic E-state index is -0.466. The predicted molar refractivity (Wildman–Crippen MR) is 581 cm³/mol. The van der Waals surface area contributed by atoms with Crippen LogP contribution in [-0.2, 0) is 30.9 Å². The molecule has 0 atom stereocenters. The van der Waals surface area contributed by atoms with Crippen LogP contribution in [0.15, 0.2) is 173 Å². The number of imidazole rings is 5. The summed E-state index contributed by atoms with van der Waals surface area (Å²) in [6.07, 6.45) is 24.5. The summed E-state index contributed by atoms with van der Waals surface area (Å²) in [4.78, 5) is 83.9. The number of nitrogen functional groups attached to an aromatic ring is 5. The highest BCUT2D eigenvalue weighted by Crippen LogP contribution is 2.41. The molecule has 10 aromatic heterocycles. The molecular formula is C91H110BrCl10N31O2S5. The molecule has 15 aromatic rings. The molecule has 140 heavy (non-hydrogen) atoms. The fourth-order valence-corrected chi connectivity index (χ4v) is 22.2. The number of nitrogens with two attached hydrogens (primary N) is 6. The average molecular weight is 2260 g/mol. The van der Waals surface area contributed by atoms with Crippen molar-refractivity contribution in [3.8, 4) is 0 Å². The molecule has 0 aliphatic rings. The molecule has 0 fully saturated rings. The second-order valence-corrected chi connectivity index (χ2v) is 42.7. The first-order valence-corrected chi connectivity index (χ1v) is 54.0. The fraction of sp³-hybridized carbons (Fsp3) is 0.385. The van der Waals surface area contributed by atoms with Gasteiger partial charge < -0.3 is 89.0 Å². The number of fused-ring (bicyclic) bond motifs is 5. The molecule has 0 aliphatic heterocycles. The maximum atomic E-state index is 11.6. The molecule has 0 radical (unpaired) electrons. The number of ether oxygens (including phenoxy) is 1. The maximum Gasteiger partial charge on any atom is 0.407 e. The Morgan fingerprint density at radius 3 is 0.936 bits per heavy atom. The first kappa shape index (κ1) is 112. The van der Waals surface area contributed by atoms with Crippen molar-refractivity contribution >= 4 is 282 Å². The number of halogens is 11. The van der Waals surface area contributed by atoms with Crippen LogP contribution in [0.5, 0.6) is 0 Å². The molecule has 33 nitrogen and oxygen atoms in total. The summed E-state index contributed by atoms with van der Waals surface area (Å²) in [5, 5.41) is 27.0. The van der Waals surface area contributed by atoms with Gasteiger partial charge in [0.25, 0.3) is 0 Å². The van der Waals surface area contributed by atoms with E-state index in [1.54, 1.807) is 42.5 Å². The van der Waals surface area contributed by atoms with Crippen LogP contribution in [0.4, 0.5) is 33.9 Å². The third-order valence-electron chi connectivity index (χ3n) is 20.1. The highest BCUT2D eigenvalue weighted by molar-refractivity contribution is 9.09. The third kappa shape index (κ3) is 36.4. The number of nitrogens with zero attached hydrogens (tertiary/aromatic N) is 19. The normalized spacial score (nSPS) is 11.4. The number of hydrogen-bond donors (Lipinski definition) is 12. The molecule has 18 N–H and O–H groups in total. The summed E-state index contributed by atoms with van der Waals surface area (Å²) in [5.41, 5.74) is 41.3. The van der Waals surface area contributed by atoms with E-state index in [0.29, 0.717) is 130 Å². The Bertz CT molecular complexity index is 6420. The van der Waals surface area contributed by atoms with Gasteiger partial charge in [-0.15, -0.1) is 0 Å². The number of aryl methyl sites for hydroxylation is 4. The standard InChI is InChI=1S/C25H35Cl2N7O2S.C21H29Cl2N7S.C20H27Cl2N7S.C14H12BrCl2N5S.C11H7Cl2N5S/c1-25(2,3)36-24(35)30-11-7-5-4-6-9-29-10-8-12-34-22-20(21(28)31-16-32-22)33-23(34)37-19-14-17(26)13-18(27)15-19;1-25-7-4-2-3-5-8-26-9-6-10-30-20-18(19(24)27-14-28-20)29-21(30)31-17-12-15(22)11-16(23)13-17;21-14-10-15(22)12-16(11-14)30-20-28-17-18(24)26-13-27-19(17)29(20)9-5-8-25-7-4-2-1-3-6-23;15-2-1-3-22-13-11(12(18)19-7-20-13)21-14(22)23-10-5-8(16)4-9(17)6-10;12-5-1-6(13)3-7(2-5)19-11-17-8-9(14)15-4-16-10(8)18-11/h13-16,29H,4-12H2,1-3H3,(H,30,35)(H2,28,31,32);11-14,25-26H,2-10H2,1H3,(H2,24,27,28);10-13,25H,1-9,23H2,(H2,24,26,27);4-7H,1-3H2,(H2,18,19,20);1-4H,(H3,14,15,16,17,18). The van der Waals surface area contributed by atoms with E-state index in [4.69, 9.17) is 165 Å². The molecule has 0 saturated heterocycles. The Balaban J connectivity index is 0.000000170. The van der Waals surface area contributed by atoms with E-state index in [1.165, 1.54) is 135 Å². The predicted octanol–water partition coefficient (Wildman–Crippen LogP) is 23.0. The zero-order valence-corrected chi connectivity index (χ0v) is 90.5. The summed E-state index contributed by atoms with van der Waals surface area (Å²) < 4.78 is 13.5. The number of carbonyl (C=O) groups excluding carboxylic acids is 1. The summed E-state index contributed by atoms with van der Waals surface area (Å²) in [6.45, 7) is 16.9. The number of nitrogens with one attached hydrogen (secondary N) is 6. The second-order valence-electron chi connectivity index (χ2n) is 32.4. The maximum absolute atomic E-state index is 11.6. The monoisotopic (exact) mass is 2260 g/mol. The van der Waals surface area contributed by atoms with Crippen molar-refractivity contribution in [3.05, 3.63) is 173 Å². The highest BCUT2D eigenvalue weighted by atomic mass is 79.9. The van der Waals surface area contributed by atoms with Gasteiger partial charge in [-0.1, -0.05) is 229 Å². The van der Waals surface area contributed by atoms with E-state index in [9.17, 15) is 4.79 Å². The van der Waals surface area contributed by atoms with Gasteiger partial charge in [-0.05, 0) is 235 Å². The van der Waals surface area contributed by atoms with E-state index in [0.717, 1.165) is 204 Å². The van der Waals surface area contributed by atoms with Gasteiger partial charge in [0.1, 0.15) is 42.8 Å². The van der Waals surface area contributed by atoms with E-state index in [1.807, 2.05) is 80.9 Å². The largest absolute Gasteiger partial charge is 0.444 e. The summed E-state index contributed by atoms with van der Waals surface area (Å²) >= 11 is 71.8. The van der Waals surface area contributed by atoms with Crippen molar-refractivity contribution in [1.82, 2.24) is 125 Å². The Morgan fingerprint density at radius 2 is 0.636 bits per heavy atom. The van der Waals surface area contributed by atoms with E-state index in [-0.39, 0.29) is 6.09 Å². The van der Waals surface area contributed by atoms with Crippen LogP contribution in [0.1, 0.15) is 124 Å². The van der Waals surface area contributed by atoms with E-state index < -0.39 is 5.60 Å². The van der Waals surface area contributed by atoms with Crippen LogP contribution in [0.25, 0.3) is 55.8 Å². The van der Waals surface area contributed by atoms with Crippen molar-refractivity contribution in [1.29, 1.82) is 0 Å². The summed E-state index contributed by atoms with van der Waals surface area (Å²) in [7, 11) is 2.00. The fourth-order valence-electron chi connectivity index (χ4n) is 13.8. The van der Waals surface area contributed by atoms with Gasteiger partial charge in [0, 0.05) is 113 Å². The second kappa shape index (κ2) is 58.3. The molecule has 0 bridgehead atoms. The molecule has 5 aromatic carbocycles. The van der Waals surface area contributed by atoms with Gasteiger partial charge in [-0.25, -0.2) is 79.6 Å². The molecule has 0 saturated carbocycles. The van der Waals surface area contributed by atoms with Crippen LogP contribution in [0, 0.1) is 0 Å². The lowest BCUT2D eigenvalue weighted by atomic mass is 10.2. The molecule has 0 aliphatic carbocycles. The molecule has 0 unspecified atom stereocenters. The van der Waals surface area contributed by atoms with Gasteiger partial charge in [-0.2, -0.15) is 0 Å². The van der Waals surface area contributed by atoms with Crippen molar-refractivity contribution in [2.45, 2.75) is 206 Å². The van der Waals surface area contributed by atoms with Crippen LogP contribution in [0.2, 0.25) is 50.2 Å². The van der Waals surface area contributed by atoms with E-state index >= 15 is 0 Å². The smallest absolute Gasteiger partial charge is 0.407 e. The molecule has 1 amide bonds. The number of hydrogen-bond acceptors (Lipinski definition) is 32. The van der Waals surface area contributed by atoms with Gasteiger partial charge in [0.05, 0.1) is 0 Å². The molecule has 748 valence electrons. The number of carbonyl (C=O) groups is 1. The number of aromatic amines is 1. The molecular weight excluding hydrogens is 2150 g/mol. The lowest BCUT2D eigenvalue weighted by Gasteiger charge is -2.19. The quantitative estimate of drug-likeness (QED) is 0.0125. The number of amides is 1. The molecule has 49 heteroatoms. The SMILES string of the molecule is CC(C)(C)OC(=O)NCCCCCCNCCCn1c(Sc2cc(Cl)cc(Cl)c2)nc2c(N)ncnc21.CNCCCCCCNCCCn1c(Sc2cc(Cl)cc(Cl)c2)nc2c(N)ncnc21.NCCCCCCNCCCn1c(Sc2cc(Cl)cc(Cl)c2)nc2c(N)ncnc21.Nc1ncnc2c1nc(Sc1cc(Cl)cc(Cl)c1)n2CCCBr.Nc1ncnc2nc(Sc3cc(Cl)cc(Cl)c3)[nH]c12. The number of anilines is 5. The average Bonchev–Trinajstić information content (AvgIpc) is 1.65. The van der Waals surface area contributed by atoms with Crippen molar-refractivity contribution in [2.75, 3.05) is 99.9 Å². The van der Waals surface area contributed by atoms with Crippen LogP contribution < -0.4 is 61.0 Å². The number of alkyl halides is 1. The number of H-pyrrole nitrogens is 1. The Labute approximate surface area is 891 Å². The van der Waals surface area contributed by atoms with Crippen molar-refractivity contribution in [2.24, 2.45) is 5.73 Å². The third-order valence-corrected chi connectivity index (χ3v) is 27.6. The number of unbranched alkanes of at least 4 members (excludes halogenated alkanes) is 9. The highest BCUT2D eigenvalue weighted by Gasteiger charge is 2.24. The lowest BCUT2D eigenvalue weighted by molar-refractivity contribution is 0.0526. The van der Waals surface area contributed by atoms with Crippen molar-refractivity contribution < 1.29 is 9.53 Å². The van der Waals surface area contributed by atoms with Gasteiger partial charge in [0.15, 0.2) is 105 Å². The minimum Gasteiger partial charge on any atom is -0.444 e. The van der Waals surface area contributed by atoms with E-state index in [2.05, 4.69) is 126 Å². The first-order valence-electron chi connectivity index (χ1n) is 45.0.